The number of para-hydroxylation sites is 3. The van der Waals surface area contributed by atoms with E-state index in [0.717, 1.165) is 11.1 Å². The van der Waals surface area contributed by atoms with Crippen LogP contribution in [0.25, 0.3) is 27.8 Å². The summed E-state index contributed by atoms with van der Waals surface area (Å²) in [6.45, 7) is 0. The van der Waals surface area contributed by atoms with Crippen molar-refractivity contribution in [3.63, 3.8) is 0 Å². The molecule has 1 N–H and O–H groups in total. The lowest BCUT2D eigenvalue weighted by Crippen LogP contribution is -2.02. The molecule has 0 aliphatic rings. The van der Waals surface area contributed by atoms with Gasteiger partial charge >= 0.3 is 5.63 Å². The summed E-state index contributed by atoms with van der Waals surface area (Å²) in [5.41, 5.74) is 1.97. The molecule has 0 radical (unpaired) electrons. The number of methoxy groups -OCH3 is 1. The highest BCUT2D eigenvalue weighted by Crippen LogP contribution is 2.28. The number of benzene rings is 2. The second kappa shape index (κ2) is 8.00. The largest absolute Gasteiger partial charge is 0.495 e. The molecule has 0 aliphatic heterocycles. The summed E-state index contributed by atoms with van der Waals surface area (Å²) in [6, 6.07) is 18.6. The van der Waals surface area contributed by atoms with Gasteiger partial charge < -0.3 is 14.5 Å². The molecule has 142 valence electrons. The van der Waals surface area contributed by atoms with Crippen molar-refractivity contribution in [2.75, 3.05) is 12.4 Å². The average Bonchev–Trinajstić information content (AvgIpc) is 3.23. The Hall–Kier alpha value is -3.89. The zero-order valence-electron chi connectivity index (χ0n) is 15.4. The van der Waals surface area contributed by atoms with Crippen molar-refractivity contribution in [1.82, 2.24) is 4.98 Å². The third kappa shape index (κ3) is 3.74. The zero-order valence-corrected chi connectivity index (χ0v) is 16.2. The van der Waals surface area contributed by atoms with Crippen LogP contribution in [-0.2, 0) is 0 Å². The van der Waals surface area contributed by atoms with Crippen LogP contribution in [0, 0.1) is 11.3 Å². The quantitative estimate of drug-likeness (QED) is 0.378. The number of fused-ring (bicyclic) bond motifs is 1. The third-order valence-corrected chi connectivity index (χ3v) is 5.13. The first kappa shape index (κ1) is 18.5. The van der Waals surface area contributed by atoms with E-state index in [-0.39, 0.29) is 0 Å². The summed E-state index contributed by atoms with van der Waals surface area (Å²) in [4.78, 5) is 16.8. The molecule has 0 saturated heterocycles. The number of hydrogen-bond acceptors (Lipinski definition) is 7. The SMILES string of the molecule is COc1ccccc1N/C=C(\C#N)c1nc(-c2cc3ccccc3oc2=O)cs1. The van der Waals surface area contributed by atoms with E-state index in [9.17, 15) is 10.1 Å². The third-order valence-electron chi connectivity index (χ3n) is 4.25. The van der Waals surface area contributed by atoms with Gasteiger partial charge in [-0.25, -0.2) is 9.78 Å². The van der Waals surface area contributed by atoms with Crippen LogP contribution in [0.2, 0.25) is 0 Å². The minimum Gasteiger partial charge on any atom is -0.495 e. The molecule has 4 rings (SSSR count). The summed E-state index contributed by atoms with van der Waals surface area (Å²) in [5.74, 6) is 0.662. The lowest BCUT2D eigenvalue weighted by atomic mass is 10.1. The summed E-state index contributed by atoms with van der Waals surface area (Å²) in [6.07, 6.45) is 1.57. The van der Waals surface area contributed by atoms with Gasteiger partial charge in [0.15, 0.2) is 0 Å². The molecule has 0 spiro atoms. The van der Waals surface area contributed by atoms with Crippen molar-refractivity contribution in [3.8, 4) is 23.1 Å². The molecular formula is C22H15N3O3S. The number of allylic oxidation sites excluding steroid dienone is 1. The van der Waals surface area contributed by atoms with Gasteiger partial charge in [-0.3, -0.25) is 0 Å². The molecule has 7 heteroatoms. The number of anilines is 1. The minimum atomic E-state index is -0.463. The fourth-order valence-electron chi connectivity index (χ4n) is 2.82. The van der Waals surface area contributed by atoms with Crippen LogP contribution in [-0.4, -0.2) is 12.1 Å². The summed E-state index contributed by atoms with van der Waals surface area (Å²) >= 11 is 1.28. The number of ether oxygens (including phenoxy) is 1. The molecule has 0 fully saturated rings. The highest BCUT2D eigenvalue weighted by Gasteiger charge is 2.14. The maximum Gasteiger partial charge on any atom is 0.345 e. The van der Waals surface area contributed by atoms with Gasteiger partial charge in [0, 0.05) is 17.0 Å². The van der Waals surface area contributed by atoms with E-state index >= 15 is 0 Å². The second-order valence-corrected chi connectivity index (χ2v) is 6.90. The number of thiazole rings is 1. The normalized spacial score (nSPS) is 11.2. The molecule has 0 aliphatic carbocycles. The zero-order chi connectivity index (χ0) is 20.2. The summed E-state index contributed by atoms with van der Waals surface area (Å²) in [7, 11) is 1.58. The first-order chi connectivity index (χ1) is 14.2. The van der Waals surface area contributed by atoms with Gasteiger partial charge in [-0.1, -0.05) is 30.3 Å². The van der Waals surface area contributed by atoms with Crippen LogP contribution >= 0.6 is 11.3 Å². The highest BCUT2D eigenvalue weighted by molar-refractivity contribution is 7.11. The number of hydrogen-bond donors (Lipinski definition) is 1. The molecule has 2 aromatic carbocycles. The molecule has 4 aromatic rings. The monoisotopic (exact) mass is 401 g/mol. The van der Waals surface area contributed by atoms with Crippen molar-refractivity contribution in [2.24, 2.45) is 0 Å². The number of nitriles is 1. The molecule has 2 aromatic heterocycles. The molecular weight excluding hydrogens is 386 g/mol. The van der Waals surface area contributed by atoms with E-state index in [4.69, 9.17) is 9.15 Å². The Balaban J connectivity index is 1.66. The molecule has 0 atom stereocenters. The summed E-state index contributed by atoms with van der Waals surface area (Å²) in [5, 5.41) is 15.7. The van der Waals surface area contributed by atoms with Crippen molar-refractivity contribution in [2.45, 2.75) is 0 Å². The number of nitrogens with zero attached hydrogens (tertiary/aromatic N) is 2. The van der Waals surface area contributed by atoms with Crippen LogP contribution in [0.1, 0.15) is 5.01 Å². The van der Waals surface area contributed by atoms with Crippen LogP contribution < -0.4 is 15.7 Å². The molecule has 0 saturated carbocycles. The van der Waals surface area contributed by atoms with E-state index in [2.05, 4.69) is 16.4 Å². The van der Waals surface area contributed by atoms with E-state index in [0.29, 0.717) is 33.2 Å². The van der Waals surface area contributed by atoms with E-state index in [1.807, 2.05) is 42.5 Å². The van der Waals surface area contributed by atoms with Crippen molar-refractivity contribution >= 4 is 33.6 Å². The Morgan fingerprint density at radius 3 is 2.86 bits per heavy atom. The Morgan fingerprint density at radius 2 is 2.03 bits per heavy atom. The number of aromatic nitrogens is 1. The molecule has 29 heavy (non-hydrogen) atoms. The predicted molar refractivity (Wildman–Crippen MR) is 114 cm³/mol. The van der Waals surface area contributed by atoms with E-state index < -0.39 is 5.63 Å². The van der Waals surface area contributed by atoms with E-state index in [1.54, 1.807) is 30.8 Å². The highest BCUT2D eigenvalue weighted by atomic mass is 32.1. The van der Waals surface area contributed by atoms with Gasteiger partial charge in [-0.05, 0) is 24.3 Å². The maximum absolute atomic E-state index is 12.4. The molecule has 2 heterocycles. The standard InChI is InChI=1S/C22H15N3O3S/c1-27-20-9-5-3-7-17(20)24-12-15(11-23)21-25-18(13-29-21)16-10-14-6-2-4-8-19(14)28-22(16)26/h2-10,12-13,24H,1H3/b15-12+. The second-order valence-electron chi connectivity index (χ2n) is 6.04. The van der Waals surface area contributed by atoms with Gasteiger partial charge in [-0.2, -0.15) is 5.26 Å². The fraction of sp³-hybridized carbons (Fsp3) is 0.0455. The van der Waals surface area contributed by atoms with Gasteiger partial charge in [-0.15, -0.1) is 11.3 Å². The Morgan fingerprint density at radius 1 is 1.24 bits per heavy atom. The lowest BCUT2D eigenvalue weighted by molar-refractivity contribution is 0.417. The van der Waals surface area contributed by atoms with Crippen LogP contribution in [0.3, 0.4) is 0 Å². The fourth-order valence-corrected chi connectivity index (χ4v) is 3.60. The molecule has 0 bridgehead atoms. The Labute approximate surface area is 170 Å². The minimum absolute atomic E-state index is 0.345. The summed E-state index contributed by atoms with van der Waals surface area (Å²) < 4.78 is 10.7. The van der Waals surface area contributed by atoms with Crippen molar-refractivity contribution < 1.29 is 9.15 Å². The average molecular weight is 401 g/mol. The molecule has 0 amide bonds. The first-order valence-corrected chi connectivity index (χ1v) is 9.56. The smallest absolute Gasteiger partial charge is 0.345 e. The van der Waals surface area contributed by atoms with Crippen LogP contribution in [0.5, 0.6) is 5.75 Å². The van der Waals surface area contributed by atoms with E-state index in [1.165, 1.54) is 11.3 Å². The lowest BCUT2D eigenvalue weighted by Gasteiger charge is -2.07. The van der Waals surface area contributed by atoms with Crippen LogP contribution in [0.4, 0.5) is 5.69 Å². The van der Waals surface area contributed by atoms with Crippen molar-refractivity contribution in [1.29, 1.82) is 5.26 Å². The van der Waals surface area contributed by atoms with Gasteiger partial charge in [0.1, 0.15) is 28.0 Å². The number of rotatable bonds is 5. The molecule has 0 unspecified atom stereocenters. The van der Waals surface area contributed by atoms with Crippen LogP contribution in [0.15, 0.2) is 75.4 Å². The maximum atomic E-state index is 12.4. The Bertz CT molecular complexity index is 1310. The number of nitrogens with one attached hydrogen (secondary N) is 1. The Kier molecular flexibility index (Phi) is 5.10. The molecule has 6 nitrogen and oxygen atoms in total. The van der Waals surface area contributed by atoms with Gasteiger partial charge in [0.05, 0.1) is 24.1 Å². The van der Waals surface area contributed by atoms with Crippen molar-refractivity contribution in [3.05, 3.63) is 81.6 Å². The predicted octanol–water partition coefficient (Wildman–Crippen LogP) is 4.90. The van der Waals surface area contributed by atoms with Gasteiger partial charge in [0.2, 0.25) is 0 Å². The first-order valence-electron chi connectivity index (χ1n) is 8.68. The topological polar surface area (TPSA) is 88.2 Å². The van der Waals surface area contributed by atoms with Gasteiger partial charge in [0.25, 0.3) is 0 Å².